The van der Waals surface area contributed by atoms with Crippen LogP contribution >= 0.6 is 0 Å². The molecule has 0 saturated heterocycles. The predicted octanol–water partition coefficient (Wildman–Crippen LogP) is 3.49. The Kier molecular flexibility index (Phi) is 7.34. The van der Waals surface area contributed by atoms with Gasteiger partial charge in [0.05, 0.1) is 21.3 Å². The van der Waals surface area contributed by atoms with E-state index in [0.717, 1.165) is 23.3 Å². The highest BCUT2D eigenvalue weighted by atomic mass is 16.5. The Labute approximate surface area is 161 Å². The topological polar surface area (TPSA) is 60.0 Å². The Bertz CT molecular complexity index is 746. The molecule has 0 heterocycles. The van der Waals surface area contributed by atoms with Crippen LogP contribution in [0.4, 0.5) is 4.79 Å². The van der Waals surface area contributed by atoms with Crippen LogP contribution in [0.1, 0.15) is 18.1 Å². The summed E-state index contributed by atoms with van der Waals surface area (Å²) in [4.78, 5) is 14.2. The number of carbonyl (C=O) groups is 1. The number of benzene rings is 2. The fourth-order valence-corrected chi connectivity index (χ4v) is 2.73. The van der Waals surface area contributed by atoms with Gasteiger partial charge in [0.15, 0.2) is 11.5 Å². The summed E-state index contributed by atoms with van der Waals surface area (Å²) in [6, 6.07) is 13.4. The monoisotopic (exact) mass is 372 g/mol. The molecule has 0 aliphatic carbocycles. The molecule has 0 aromatic heterocycles. The molecule has 2 rings (SSSR count). The van der Waals surface area contributed by atoms with Crippen LogP contribution in [0.5, 0.6) is 17.2 Å². The summed E-state index contributed by atoms with van der Waals surface area (Å²) in [5.74, 6) is 2.13. The van der Waals surface area contributed by atoms with Gasteiger partial charge in [-0.25, -0.2) is 4.79 Å². The van der Waals surface area contributed by atoms with Crippen molar-refractivity contribution in [3.8, 4) is 17.2 Å². The molecule has 1 unspecified atom stereocenters. The van der Waals surface area contributed by atoms with E-state index in [9.17, 15) is 4.79 Å². The van der Waals surface area contributed by atoms with Crippen molar-refractivity contribution in [1.29, 1.82) is 0 Å². The maximum Gasteiger partial charge on any atom is 0.317 e. The fraction of sp³-hybridized carbons (Fsp3) is 0.381. The lowest BCUT2D eigenvalue weighted by atomic mass is 10.1. The van der Waals surface area contributed by atoms with Crippen LogP contribution < -0.4 is 19.5 Å². The molecule has 2 aromatic rings. The molecule has 0 aliphatic rings. The van der Waals surface area contributed by atoms with E-state index in [0.29, 0.717) is 18.0 Å². The smallest absolute Gasteiger partial charge is 0.317 e. The third kappa shape index (κ3) is 5.54. The molecular weight excluding hydrogens is 344 g/mol. The van der Waals surface area contributed by atoms with Crippen LogP contribution in [0.3, 0.4) is 0 Å². The molecule has 0 fully saturated rings. The third-order valence-electron chi connectivity index (χ3n) is 4.56. The highest BCUT2D eigenvalue weighted by Gasteiger charge is 2.16. The minimum absolute atomic E-state index is 0.0591. The molecule has 0 aliphatic heterocycles. The van der Waals surface area contributed by atoms with Crippen LogP contribution in [-0.4, -0.2) is 45.3 Å². The second kappa shape index (κ2) is 9.71. The van der Waals surface area contributed by atoms with Crippen molar-refractivity contribution in [3.63, 3.8) is 0 Å². The molecule has 146 valence electrons. The van der Waals surface area contributed by atoms with Gasteiger partial charge < -0.3 is 24.4 Å². The summed E-state index contributed by atoms with van der Waals surface area (Å²) in [6.45, 7) is 2.44. The first-order valence-corrected chi connectivity index (χ1v) is 8.83. The number of hydrogen-bond donors (Lipinski definition) is 1. The number of carbonyl (C=O) groups excluding carboxylic acids is 1. The molecule has 0 bridgehead atoms. The van der Waals surface area contributed by atoms with E-state index in [-0.39, 0.29) is 12.1 Å². The van der Waals surface area contributed by atoms with Crippen molar-refractivity contribution < 1.29 is 19.0 Å². The van der Waals surface area contributed by atoms with Gasteiger partial charge >= 0.3 is 6.03 Å². The van der Waals surface area contributed by atoms with Gasteiger partial charge in [-0.15, -0.1) is 0 Å². The van der Waals surface area contributed by atoms with E-state index in [1.165, 1.54) is 0 Å². The maximum atomic E-state index is 12.5. The zero-order chi connectivity index (χ0) is 19.8. The van der Waals surface area contributed by atoms with Crippen LogP contribution in [0.15, 0.2) is 42.5 Å². The Morgan fingerprint density at radius 1 is 0.963 bits per heavy atom. The van der Waals surface area contributed by atoms with Gasteiger partial charge in [-0.1, -0.05) is 18.2 Å². The summed E-state index contributed by atoms with van der Waals surface area (Å²) >= 11 is 0. The Hall–Kier alpha value is -2.89. The largest absolute Gasteiger partial charge is 0.497 e. The standard InChI is InChI=1S/C21H28N2O4/c1-15(12-16-6-9-18(25-3)10-7-16)23(2)21(24)22-14-17-8-11-19(26-4)20(13-17)27-5/h6-11,13,15H,12,14H2,1-5H3,(H,22,24). The third-order valence-corrected chi connectivity index (χ3v) is 4.56. The van der Waals surface area contributed by atoms with Crippen LogP contribution in [0.2, 0.25) is 0 Å². The molecule has 6 nitrogen and oxygen atoms in total. The van der Waals surface area contributed by atoms with Gasteiger partial charge in [-0.3, -0.25) is 0 Å². The second-order valence-electron chi connectivity index (χ2n) is 6.36. The quantitative estimate of drug-likeness (QED) is 0.771. The summed E-state index contributed by atoms with van der Waals surface area (Å²) in [7, 11) is 6.64. The lowest BCUT2D eigenvalue weighted by Crippen LogP contribution is -2.42. The number of hydrogen-bond acceptors (Lipinski definition) is 4. The number of nitrogens with one attached hydrogen (secondary N) is 1. The van der Waals surface area contributed by atoms with Crippen molar-refractivity contribution in [2.24, 2.45) is 0 Å². The van der Waals surface area contributed by atoms with Gasteiger partial charge in [0.2, 0.25) is 0 Å². The average molecular weight is 372 g/mol. The number of urea groups is 1. The normalized spacial score (nSPS) is 11.4. The zero-order valence-corrected chi connectivity index (χ0v) is 16.6. The Balaban J connectivity index is 1.90. The van der Waals surface area contributed by atoms with Gasteiger partial charge in [0, 0.05) is 19.6 Å². The SMILES string of the molecule is COc1ccc(CC(C)N(C)C(=O)NCc2ccc(OC)c(OC)c2)cc1. The number of likely N-dealkylation sites (N-methyl/N-ethyl adjacent to an activating group) is 1. The van der Waals surface area contributed by atoms with Crippen molar-refractivity contribution in [2.45, 2.75) is 25.9 Å². The summed E-state index contributed by atoms with van der Waals surface area (Å²) in [5.41, 5.74) is 2.10. The average Bonchev–Trinajstić information content (AvgIpc) is 2.71. The molecule has 1 atom stereocenters. The number of rotatable bonds is 8. The van der Waals surface area contributed by atoms with E-state index in [2.05, 4.69) is 5.32 Å². The summed E-state index contributed by atoms with van der Waals surface area (Å²) in [5, 5.41) is 2.94. The van der Waals surface area contributed by atoms with Gasteiger partial charge in [0.25, 0.3) is 0 Å². The van der Waals surface area contributed by atoms with Gasteiger partial charge in [-0.05, 0) is 48.7 Å². The first-order chi connectivity index (χ1) is 13.0. The molecule has 0 spiro atoms. The number of methoxy groups -OCH3 is 3. The minimum Gasteiger partial charge on any atom is -0.497 e. The summed E-state index contributed by atoms with van der Waals surface area (Å²) < 4.78 is 15.7. The van der Waals surface area contributed by atoms with E-state index < -0.39 is 0 Å². The second-order valence-corrected chi connectivity index (χ2v) is 6.36. The molecule has 0 saturated carbocycles. The van der Waals surface area contributed by atoms with Gasteiger partial charge in [0.1, 0.15) is 5.75 Å². The lowest BCUT2D eigenvalue weighted by molar-refractivity contribution is 0.193. The highest BCUT2D eigenvalue weighted by Crippen LogP contribution is 2.27. The van der Waals surface area contributed by atoms with Gasteiger partial charge in [-0.2, -0.15) is 0 Å². The number of ether oxygens (including phenoxy) is 3. The van der Waals surface area contributed by atoms with Crippen molar-refractivity contribution in [3.05, 3.63) is 53.6 Å². The fourth-order valence-electron chi connectivity index (χ4n) is 2.73. The van der Waals surface area contributed by atoms with E-state index in [4.69, 9.17) is 14.2 Å². The Morgan fingerprint density at radius 3 is 2.19 bits per heavy atom. The lowest BCUT2D eigenvalue weighted by Gasteiger charge is -2.25. The molecule has 6 heteroatoms. The number of amides is 2. The first kappa shape index (κ1) is 20.4. The zero-order valence-electron chi connectivity index (χ0n) is 16.6. The first-order valence-electron chi connectivity index (χ1n) is 8.83. The highest BCUT2D eigenvalue weighted by molar-refractivity contribution is 5.74. The molecule has 2 amide bonds. The molecular formula is C21H28N2O4. The van der Waals surface area contributed by atoms with Crippen LogP contribution in [0, 0.1) is 0 Å². The van der Waals surface area contributed by atoms with E-state index in [1.807, 2.05) is 49.4 Å². The molecule has 2 aromatic carbocycles. The molecule has 27 heavy (non-hydrogen) atoms. The predicted molar refractivity (Wildman–Crippen MR) is 106 cm³/mol. The number of nitrogens with zero attached hydrogens (tertiary/aromatic N) is 1. The molecule has 0 radical (unpaired) electrons. The van der Waals surface area contributed by atoms with Crippen LogP contribution in [0.25, 0.3) is 0 Å². The van der Waals surface area contributed by atoms with Crippen molar-refractivity contribution >= 4 is 6.03 Å². The van der Waals surface area contributed by atoms with Crippen molar-refractivity contribution in [1.82, 2.24) is 10.2 Å². The van der Waals surface area contributed by atoms with E-state index >= 15 is 0 Å². The summed E-state index contributed by atoms with van der Waals surface area (Å²) in [6.07, 6.45) is 0.768. The molecule has 1 N–H and O–H groups in total. The van der Waals surface area contributed by atoms with Crippen molar-refractivity contribution in [2.75, 3.05) is 28.4 Å². The Morgan fingerprint density at radius 2 is 1.59 bits per heavy atom. The van der Waals surface area contributed by atoms with E-state index in [1.54, 1.807) is 33.3 Å². The minimum atomic E-state index is -0.120. The van der Waals surface area contributed by atoms with Crippen LogP contribution in [-0.2, 0) is 13.0 Å². The maximum absolute atomic E-state index is 12.5.